The highest BCUT2D eigenvalue weighted by Crippen LogP contribution is 2.28. The average Bonchev–Trinajstić information content (AvgIpc) is 2.77. The van der Waals surface area contributed by atoms with Crippen LogP contribution in [0.2, 0.25) is 0 Å². The Labute approximate surface area is 84.9 Å². The highest BCUT2D eigenvalue weighted by Gasteiger charge is 2.29. The van der Waals surface area contributed by atoms with Crippen LogP contribution in [-0.2, 0) is 4.79 Å². The summed E-state index contributed by atoms with van der Waals surface area (Å²) in [6.07, 6.45) is 2.19. The molecule has 1 aliphatic carbocycles. The zero-order chi connectivity index (χ0) is 9.90. The molecule has 1 aliphatic rings. The summed E-state index contributed by atoms with van der Waals surface area (Å²) in [5, 5.41) is 2.96. The van der Waals surface area contributed by atoms with E-state index >= 15 is 0 Å². The van der Waals surface area contributed by atoms with Gasteiger partial charge in [0.1, 0.15) is 0 Å². The van der Waals surface area contributed by atoms with E-state index in [4.69, 9.17) is 0 Å². The molecule has 1 N–H and O–H groups in total. The minimum absolute atomic E-state index is 0.259. The summed E-state index contributed by atoms with van der Waals surface area (Å²) < 4.78 is 0.310. The third-order valence-electron chi connectivity index (χ3n) is 1.88. The second-order valence-electron chi connectivity index (χ2n) is 4.53. The molecule has 0 radical (unpaired) electrons. The molecule has 0 unspecified atom stereocenters. The second-order valence-corrected chi connectivity index (χ2v) is 6.45. The number of carbonyl (C=O) groups is 1. The fraction of sp³-hybridized carbons (Fsp3) is 0.900. The summed E-state index contributed by atoms with van der Waals surface area (Å²) in [5.74, 6) is 1.62. The normalized spacial score (nSPS) is 17.2. The van der Waals surface area contributed by atoms with E-state index in [1.165, 1.54) is 0 Å². The number of amides is 1. The highest BCUT2D eigenvalue weighted by molar-refractivity contribution is 8.00. The number of nitrogens with one attached hydrogen (secondary N) is 1. The van der Waals surface area contributed by atoms with E-state index in [-0.39, 0.29) is 5.91 Å². The van der Waals surface area contributed by atoms with Gasteiger partial charge < -0.3 is 5.32 Å². The van der Waals surface area contributed by atoms with Crippen molar-refractivity contribution < 1.29 is 4.79 Å². The number of rotatable bonds is 4. The Bertz CT molecular complexity index is 182. The van der Waals surface area contributed by atoms with Gasteiger partial charge in [-0.2, -0.15) is 11.8 Å². The predicted molar refractivity (Wildman–Crippen MR) is 57.9 cm³/mol. The van der Waals surface area contributed by atoms with Gasteiger partial charge in [0.25, 0.3) is 0 Å². The van der Waals surface area contributed by atoms with Gasteiger partial charge in [0.05, 0.1) is 0 Å². The van der Waals surface area contributed by atoms with Crippen LogP contribution in [0, 0.1) is 5.92 Å². The first-order valence-corrected chi connectivity index (χ1v) is 5.89. The van der Waals surface area contributed by atoms with Crippen LogP contribution in [0.5, 0.6) is 0 Å². The molecular formula is C10H19NOS. The first-order chi connectivity index (χ1) is 5.99. The SMILES string of the molecule is CC(C)(C)SCCNC(=O)C1CC1. The first kappa shape index (κ1) is 10.9. The van der Waals surface area contributed by atoms with Crippen molar-refractivity contribution in [3.8, 4) is 0 Å². The minimum atomic E-state index is 0.259. The van der Waals surface area contributed by atoms with Crippen LogP contribution in [0.1, 0.15) is 33.6 Å². The maximum atomic E-state index is 11.2. The quantitative estimate of drug-likeness (QED) is 0.705. The second kappa shape index (κ2) is 4.36. The van der Waals surface area contributed by atoms with Crippen molar-refractivity contribution in [3.05, 3.63) is 0 Å². The van der Waals surface area contributed by atoms with Crippen molar-refractivity contribution in [2.45, 2.75) is 38.4 Å². The molecule has 0 aromatic carbocycles. The van der Waals surface area contributed by atoms with Gasteiger partial charge in [0.2, 0.25) is 5.91 Å². The molecule has 0 aliphatic heterocycles. The molecule has 76 valence electrons. The largest absolute Gasteiger partial charge is 0.355 e. The lowest BCUT2D eigenvalue weighted by atomic mass is 10.3. The van der Waals surface area contributed by atoms with E-state index < -0.39 is 0 Å². The van der Waals surface area contributed by atoms with Gasteiger partial charge in [-0.3, -0.25) is 4.79 Å². The molecule has 1 saturated carbocycles. The smallest absolute Gasteiger partial charge is 0.223 e. The van der Waals surface area contributed by atoms with Gasteiger partial charge in [-0.05, 0) is 12.8 Å². The molecule has 13 heavy (non-hydrogen) atoms. The van der Waals surface area contributed by atoms with Crippen LogP contribution in [0.3, 0.4) is 0 Å². The van der Waals surface area contributed by atoms with Crippen molar-refractivity contribution in [2.75, 3.05) is 12.3 Å². The zero-order valence-electron chi connectivity index (χ0n) is 8.72. The molecule has 0 saturated heterocycles. The van der Waals surface area contributed by atoms with E-state index in [1.54, 1.807) is 0 Å². The maximum Gasteiger partial charge on any atom is 0.223 e. The average molecular weight is 201 g/mol. The van der Waals surface area contributed by atoms with Crippen LogP contribution in [0.15, 0.2) is 0 Å². The molecule has 1 rings (SSSR count). The number of thioether (sulfide) groups is 1. The summed E-state index contributed by atoms with van der Waals surface area (Å²) in [4.78, 5) is 11.2. The third-order valence-corrected chi connectivity index (χ3v) is 3.16. The number of hydrogen-bond acceptors (Lipinski definition) is 2. The summed E-state index contributed by atoms with van der Waals surface area (Å²) in [6, 6.07) is 0. The lowest BCUT2D eigenvalue weighted by Gasteiger charge is -2.17. The molecule has 0 bridgehead atoms. The molecule has 0 aromatic rings. The van der Waals surface area contributed by atoms with Gasteiger partial charge in [-0.1, -0.05) is 20.8 Å². The lowest BCUT2D eigenvalue weighted by molar-refractivity contribution is -0.122. The first-order valence-electron chi connectivity index (χ1n) is 4.91. The van der Waals surface area contributed by atoms with Crippen LogP contribution in [0.25, 0.3) is 0 Å². The highest BCUT2D eigenvalue weighted by atomic mass is 32.2. The minimum Gasteiger partial charge on any atom is -0.355 e. The number of hydrogen-bond donors (Lipinski definition) is 1. The van der Waals surface area contributed by atoms with Gasteiger partial charge in [-0.15, -0.1) is 0 Å². The van der Waals surface area contributed by atoms with Gasteiger partial charge in [0, 0.05) is 23.0 Å². The fourth-order valence-electron chi connectivity index (χ4n) is 1.02. The van der Waals surface area contributed by atoms with Gasteiger partial charge in [-0.25, -0.2) is 0 Å². The molecule has 2 nitrogen and oxygen atoms in total. The van der Waals surface area contributed by atoms with E-state index in [0.717, 1.165) is 25.1 Å². The van der Waals surface area contributed by atoms with Crippen molar-refractivity contribution >= 4 is 17.7 Å². The molecule has 1 fully saturated rings. The van der Waals surface area contributed by atoms with Crippen LogP contribution in [-0.4, -0.2) is 23.0 Å². The van der Waals surface area contributed by atoms with Crippen LogP contribution >= 0.6 is 11.8 Å². The third kappa shape index (κ3) is 5.19. The van der Waals surface area contributed by atoms with E-state index in [0.29, 0.717) is 10.7 Å². The summed E-state index contributed by atoms with van der Waals surface area (Å²) >= 11 is 1.89. The molecule has 1 amide bonds. The Kier molecular flexibility index (Phi) is 3.65. The van der Waals surface area contributed by atoms with Gasteiger partial charge >= 0.3 is 0 Å². The molecule has 0 aromatic heterocycles. The molecular weight excluding hydrogens is 182 g/mol. The summed E-state index contributed by atoms with van der Waals surface area (Å²) in [5.41, 5.74) is 0. The maximum absolute atomic E-state index is 11.2. The lowest BCUT2D eigenvalue weighted by Crippen LogP contribution is -2.28. The van der Waals surface area contributed by atoms with Crippen molar-refractivity contribution in [1.29, 1.82) is 0 Å². The zero-order valence-corrected chi connectivity index (χ0v) is 9.54. The summed E-state index contributed by atoms with van der Waals surface area (Å²) in [6.45, 7) is 7.40. The number of carbonyl (C=O) groups excluding carboxylic acids is 1. The van der Waals surface area contributed by atoms with E-state index in [2.05, 4.69) is 26.1 Å². The Morgan fingerprint density at radius 3 is 2.54 bits per heavy atom. The monoisotopic (exact) mass is 201 g/mol. The van der Waals surface area contributed by atoms with E-state index in [1.807, 2.05) is 11.8 Å². The Balaban J connectivity index is 1.97. The summed E-state index contributed by atoms with van der Waals surface area (Å²) in [7, 11) is 0. The molecule has 0 atom stereocenters. The van der Waals surface area contributed by atoms with Crippen LogP contribution < -0.4 is 5.32 Å². The van der Waals surface area contributed by atoms with Crippen LogP contribution in [0.4, 0.5) is 0 Å². The molecule has 0 heterocycles. The van der Waals surface area contributed by atoms with E-state index in [9.17, 15) is 4.79 Å². The van der Waals surface area contributed by atoms with Crippen molar-refractivity contribution in [1.82, 2.24) is 5.32 Å². The van der Waals surface area contributed by atoms with Gasteiger partial charge in [0.15, 0.2) is 0 Å². The molecule has 0 spiro atoms. The van der Waals surface area contributed by atoms with Crippen molar-refractivity contribution in [2.24, 2.45) is 5.92 Å². The standard InChI is InChI=1S/C10H19NOS/c1-10(2,3)13-7-6-11-9(12)8-4-5-8/h8H,4-7H2,1-3H3,(H,11,12). The molecule has 3 heteroatoms. The Morgan fingerprint density at radius 2 is 2.08 bits per heavy atom. The Hall–Kier alpha value is -0.180. The fourth-order valence-corrected chi connectivity index (χ4v) is 1.84. The predicted octanol–water partition coefficient (Wildman–Crippen LogP) is 2.04. The Morgan fingerprint density at radius 1 is 1.46 bits per heavy atom. The van der Waals surface area contributed by atoms with Crippen molar-refractivity contribution in [3.63, 3.8) is 0 Å². The topological polar surface area (TPSA) is 29.1 Å².